The van der Waals surface area contributed by atoms with E-state index in [9.17, 15) is 19.5 Å². The molecule has 0 bridgehead atoms. The topological polar surface area (TPSA) is 90.4 Å². The molecule has 1 unspecified atom stereocenters. The minimum atomic E-state index is -1.26. The maximum absolute atomic E-state index is 14.4. The van der Waals surface area contributed by atoms with Gasteiger partial charge in [0.05, 0.1) is 30.1 Å². The van der Waals surface area contributed by atoms with Crippen LogP contribution >= 0.6 is 0 Å². The number of nitrogens with zero attached hydrogens (tertiary/aromatic N) is 3. The van der Waals surface area contributed by atoms with E-state index in [1.807, 2.05) is 56.9 Å². The number of amides is 3. The zero-order valence-electron chi connectivity index (χ0n) is 22.5. The second-order valence-electron chi connectivity index (χ2n) is 11.1. The van der Waals surface area contributed by atoms with E-state index in [0.717, 1.165) is 19.3 Å². The third kappa shape index (κ3) is 3.92. The van der Waals surface area contributed by atoms with E-state index in [4.69, 9.17) is 4.74 Å². The van der Waals surface area contributed by atoms with Crippen LogP contribution in [0, 0.1) is 17.8 Å². The van der Waals surface area contributed by atoms with Gasteiger partial charge in [0.1, 0.15) is 11.6 Å². The average molecular weight is 502 g/mol. The van der Waals surface area contributed by atoms with Crippen LogP contribution in [0.5, 0.6) is 0 Å². The fourth-order valence-electron chi connectivity index (χ4n) is 6.80. The predicted octanol–water partition coefficient (Wildman–Crippen LogP) is 2.37. The molecule has 0 aliphatic carbocycles. The highest BCUT2D eigenvalue weighted by atomic mass is 16.5. The molecule has 0 radical (unpaired) electrons. The number of carbonyl (C=O) groups excluding carboxylic acids is 3. The number of carbonyl (C=O) groups is 3. The van der Waals surface area contributed by atoms with Crippen molar-refractivity contribution in [1.82, 2.24) is 14.7 Å². The van der Waals surface area contributed by atoms with E-state index in [0.29, 0.717) is 32.6 Å². The minimum absolute atomic E-state index is 0.0730. The summed E-state index contributed by atoms with van der Waals surface area (Å²) >= 11 is 0. The maximum atomic E-state index is 14.4. The van der Waals surface area contributed by atoms with Crippen molar-refractivity contribution in [3.8, 4) is 0 Å². The molecular formula is C28H43N3O5. The van der Waals surface area contributed by atoms with Gasteiger partial charge < -0.3 is 24.5 Å². The monoisotopic (exact) mass is 501 g/mol. The molecule has 1 spiro atoms. The molecule has 0 aromatic heterocycles. The molecule has 2 fully saturated rings. The van der Waals surface area contributed by atoms with Gasteiger partial charge in [-0.1, -0.05) is 65.3 Å². The van der Waals surface area contributed by atoms with Crippen LogP contribution in [0.25, 0.3) is 0 Å². The molecule has 0 aromatic carbocycles. The molecule has 2 saturated heterocycles. The number of rotatable bonds is 9. The van der Waals surface area contributed by atoms with Gasteiger partial charge in [0.2, 0.25) is 17.7 Å². The second kappa shape index (κ2) is 10.3. The Bertz CT molecular complexity index is 932. The fourth-order valence-corrected chi connectivity index (χ4v) is 6.80. The van der Waals surface area contributed by atoms with E-state index in [1.165, 1.54) is 0 Å². The fraction of sp³-hybridized carbons (Fsp3) is 0.750. The SMILES string of the molecule is CCCCN1CC=C[C@]23O[C@@]4(CC)C=CCN(CCC)C(=O)[C@H]4[C@H]2C(=O)N([C@@H](CO)C(C)C)C3C1=O. The Hall–Kier alpha value is -2.19. The Morgan fingerprint density at radius 2 is 1.61 bits per heavy atom. The molecule has 4 heterocycles. The molecule has 1 N–H and O–H groups in total. The van der Waals surface area contributed by atoms with Crippen molar-refractivity contribution < 1.29 is 24.2 Å². The molecule has 4 aliphatic heterocycles. The summed E-state index contributed by atoms with van der Waals surface area (Å²) in [6, 6.07) is -1.46. The zero-order chi connectivity index (χ0) is 26.3. The van der Waals surface area contributed by atoms with E-state index in [1.54, 1.807) is 9.80 Å². The highest BCUT2D eigenvalue weighted by Gasteiger charge is 2.75. The molecule has 4 aliphatic rings. The summed E-state index contributed by atoms with van der Waals surface area (Å²) in [4.78, 5) is 47.9. The molecule has 8 nitrogen and oxygen atoms in total. The lowest BCUT2D eigenvalue weighted by Crippen LogP contribution is -2.59. The number of ether oxygens (including phenoxy) is 1. The van der Waals surface area contributed by atoms with E-state index in [2.05, 4.69) is 6.92 Å². The van der Waals surface area contributed by atoms with Gasteiger partial charge in [-0.15, -0.1) is 0 Å². The van der Waals surface area contributed by atoms with Gasteiger partial charge in [0, 0.05) is 26.2 Å². The van der Waals surface area contributed by atoms with Gasteiger partial charge in [0.15, 0.2) is 0 Å². The average Bonchev–Trinajstić information content (AvgIpc) is 3.15. The minimum Gasteiger partial charge on any atom is -0.394 e. The molecule has 36 heavy (non-hydrogen) atoms. The molecular weight excluding hydrogens is 458 g/mol. The van der Waals surface area contributed by atoms with Crippen molar-refractivity contribution in [2.75, 3.05) is 32.8 Å². The summed E-state index contributed by atoms with van der Waals surface area (Å²) in [7, 11) is 0. The number of unbranched alkanes of at least 4 members (excludes halogenated alkanes) is 1. The van der Waals surface area contributed by atoms with Crippen molar-refractivity contribution in [1.29, 1.82) is 0 Å². The Morgan fingerprint density at radius 1 is 0.944 bits per heavy atom. The first kappa shape index (κ1) is 26.9. The Labute approximate surface area is 215 Å². The van der Waals surface area contributed by atoms with E-state index >= 15 is 0 Å². The van der Waals surface area contributed by atoms with Crippen LogP contribution in [0.2, 0.25) is 0 Å². The number of fused-ring (bicyclic) bond motifs is 2. The first-order chi connectivity index (χ1) is 17.2. The smallest absolute Gasteiger partial charge is 0.249 e. The summed E-state index contributed by atoms with van der Waals surface area (Å²) < 4.78 is 6.96. The summed E-state index contributed by atoms with van der Waals surface area (Å²) in [6.45, 7) is 11.9. The summed E-state index contributed by atoms with van der Waals surface area (Å²) in [5.41, 5.74) is -2.21. The van der Waals surface area contributed by atoms with Gasteiger partial charge in [-0.05, 0) is 25.2 Å². The molecule has 0 aromatic rings. The Kier molecular flexibility index (Phi) is 7.68. The number of hydrogen-bond acceptors (Lipinski definition) is 5. The van der Waals surface area contributed by atoms with Crippen LogP contribution in [-0.2, 0) is 19.1 Å². The lowest BCUT2D eigenvalue weighted by Gasteiger charge is -2.41. The molecule has 0 saturated carbocycles. The third-order valence-electron chi connectivity index (χ3n) is 8.63. The molecule has 200 valence electrons. The highest BCUT2D eigenvalue weighted by Crippen LogP contribution is 2.59. The van der Waals surface area contributed by atoms with Crippen molar-refractivity contribution in [2.24, 2.45) is 17.8 Å². The first-order valence-corrected chi connectivity index (χ1v) is 13.8. The van der Waals surface area contributed by atoms with Crippen LogP contribution in [-0.4, -0.2) is 93.6 Å². The van der Waals surface area contributed by atoms with Gasteiger partial charge in [-0.2, -0.15) is 0 Å². The van der Waals surface area contributed by atoms with Crippen LogP contribution in [0.1, 0.15) is 60.3 Å². The van der Waals surface area contributed by atoms with Crippen LogP contribution in [0.15, 0.2) is 24.3 Å². The van der Waals surface area contributed by atoms with Crippen LogP contribution in [0.4, 0.5) is 0 Å². The summed E-state index contributed by atoms with van der Waals surface area (Å²) in [5.74, 6) is -2.12. The number of hydrogen-bond donors (Lipinski definition) is 1. The van der Waals surface area contributed by atoms with Crippen molar-refractivity contribution in [2.45, 2.75) is 83.6 Å². The van der Waals surface area contributed by atoms with E-state index in [-0.39, 0.29) is 30.2 Å². The molecule has 4 rings (SSSR count). The molecule has 3 amide bonds. The quantitative estimate of drug-likeness (QED) is 0.490. The number of aliphatic hydroxyl groups is 1. The molecule has 8 heteroatoms. The zero-order valence-corrected chi connectivity index (χ0v) is 22.5. The lowest BCUT2D eigenvalue weighted by atomic mass is 9.73. The van der Waals surface area contributed by atoms with Crippen LogP contribution < -0.4 is 0 Å². The normalized spacial score (nSPS) is 34.7. The highest BCUT2D eigenvalue weighted by molar-refractivity contribution is 6.00. The number of likely N-dealkylation sites (tertiary alicyclic amines) is 1. The van der Waals surface area contributed by atoms with Crippen molar-refractivity contribution >= 4 is 17.7 Å². The van der Waals surface area contributed by atoms with Crippen LogP contribution in [0.3, 0.4) is 0 Å². The standard InChI is InChI=1S/C28H43N3O5/c1-6-9-15-30-17-11-13-28-22(25(34)31(23(28)26(30)35)20(18-32)19(4)5)21-24(33)29(14-7-2)16-10-12-27(21,8-3)36-28/h10-13,19-23,32H,6-9,14-18H2,1-5H3/t20-,21+,22-,23?,27-,28-/m0/s1. The Morgan fingerprint density at radius 3 is 2.19 bits per heavy atom. The maximum Gasteiger partial charge on any atom is 0.249 e. The summed E-state index contributed by atoms with van der Waals surface area (Å²) in [6.07, 6.45) is 10.9. The van der Waals surface area contributed by atoms with E-state index < -0.39 is 35.1 Å². The van der Waals surface area contributed by atoms with Crippen molar-refractivity contribution in [3.05, 3.63) is 24.3 Å². The third-order valence-corrected chi connectivity index (χ3v) is 8.63. The number of aliphatic hydroxyl groups excluding tert-OH is 1. The largest absolute Gasteiger partial charge is 0.394 e. The van der Waals surface area contributed by atoms with Gasteiger partial charge in [-0.25, -0.2) is 0 Å². The van der Waals surface area contributed by atoms with Gasteiger partial charge >= 0.3 is 0 Å². The lowest BCUT2D eigenvalue weighted by molar-refractivity contribution is -0.158. The Balaban J connectivity index is 1.90. The second-order valence-corrected chi connectivity index (χ2v) is 11.1. The summed E-state index contributed by atoms with van der Waals surface area (Å²) in [5, 5.41) is 10.4. The van der Waals surface area contributed by atoms with Gasteiger partial charge in [0.25, 0.3) is 0 Å². The predicted molar refractivity (Wildman–Crippen MR) is 137 cm³/mol. The van der Waals surface area contributed by atoms with Crippen molar-refractivity contribution in [3.63, 3.8) is 0 Å². The first-order valence-electron chi connectivity index (χ1n) is 13.8. The van der Waals surface area contributed by atoms with Gasteiger partial charge in [-0.3, -0.25) is 14.4 Å². The molecule has 6 atom stereocenters.